The summed E-state index contributed by atoms with van der Waals surface area (Å²) in [6.07, 6.45) is 2.64. The van der Waals surface area contributed by atoms with Crippen LogP contribution in [0.25, 0.3) is 0 Å². The fourth-order valence-electron chi connectivity index (χ4n) is 1.39. The molecule has 0 aliphatic heterocycles. The van der Waals surface area contributed by atoms with Crippen molar-refractivity contribution in [3.05, 3.63) is 35.7 Å². The van der Waals surface area contributed by atoms with Gasteiger partial charge in [-0.15, -0.1) is 0 Å². The van der Waals surface area contributed by atoms with Gasteiger partial charge >= 0.3 is 0 Å². The lowest BCUT2D eigenvalue weighted by atomic mass is 10.4. The smallest absolute Gasteiger partial charge is 0.246 e. The molecule has 0 fully saturated rings. The quantitative estimate of drug-likeness (QED) is 0.811. The molecule has 0 radical (unpaired) electrons. The normalized spacial score (nSPS) is 10.8. The van der Waals surface area contributed by atoms with Gasteiger partial charge in [-0.25, -0.2) is 0 Å². The molecule has 0 saturated carbocycles. The first-order valence-electron chi connectivity index (χ1n) is 4.89. The Morgan fingerprint density at radius 1 is 1.53 bits per heavy atom. The number of aliphatic hydroxyl groups is 1. The first kappa shape index (κ1) is 9.92. The molecule has 5 heteroatoms. The van der Waals surface area contributed by atoms with Crippen molar-refractivity contribution in [2.24, 2.45) is 0 Å². The van der Waals surface area contributed by atoms with Crippen LogP contribution in [0, 0.1) is 0 Å². The summed E-state index contributed by atoms with van der Waals surface area (Å²) in [7, 11) is 0. The summed E-state index contributed by atoms with van der Waals surface area (Å²) in [5, 5.41) is 12.9. The fraction of sp³-hybridized carbons (Fsp3) is 0.400. The minimum absolute atomic E-state index is 0.0156. The zero-order valence-electron chi connectivity index (χ0n) is 8.55. The van der Waals surface area contributed by atoms with Crippen LogP contribution in [-0.2, 0) is 19.6 Å². The molecule has 0 bridgehead atoms. The first-order valence-corrected chi connectivity index (χ1v) is 4.89. The van der Waals surface area contributed by atoms with Crippen molar-refractivity contribution in [2.75, 3.05) is 0 Å². The van der Waals surface area contributed by atoms with Crippen LogP contribution >= 0.6 is 0 Å². The molecule has 0 amide bonds. The van der Waals surface area contributed by atoms with E-state index in [0.29, 0.717) is 18.3 Å². The molecule has 0 saturated heterocycles. The molecule has 0 spiro atoms. The highest BCUT2D eigenvalue weighted by molar-refractivity contribution is 5.07. The van der Waals surface area contributed by atoms with Crippen molar-refractivity contribution >= 4 is 0 Å². The highest BCUT2D eigenvalue weighted by Gasteiger charge is 2.06. The van der Waals surface area contributed by atoms with Crippen LogP contribution in [0.1, 0.15) is 24.3 Å². The van der Waals surface area contributed by atoms with Crippen molar-refractivity contribution < 1.29 is 9.63 Å². The molecule has 2 aromatic rings. The Morgan fingerprint density at radius 2 is 2.40 bits per heavy atom. The molecule has 80 valence electrons. The van der Waals surface area contributed by atoms with Crippen LogP contribution in [-0.4, -0.2) is 19.8 Å². The van der Waals surface area contributed by atoms with E-state index >= 15 is 0 Å². The maximum Gasteiger partial charge on any atom is 0.246 e. The van der Waals surface area contributed by atoms with E-state index in [4.69, 9.17) is 9.63 Å². The molecule has 2 rings (SSSR count). The zero-order valence-corrected chi connectivity index (χ0v) is 8.55. The second-order valence-electron chi connectivity index (χ2n) is 3.24. The summed E-state index contributed by atoms with van der Waals surface area (Å²) >= 11 is 0. The van der Waals surface area contributed by atoms with Gasteiger partial charge in [0.05, 0.1) is 6.61 Å². The summed E-state index contributed by atoms with van der Waals surface area (Å²) in [6, 6.07) is 3.74. The van der Waals surface area contributed by atoms with Gasteiger partial charge in [-0.1, -0.05) is 12.1 Å². The fourth-order valence-corrected chi connectivity index (χ4v) is 1.39. The van der Waals surface area contributed by atoms with E-state index in [9.17, 15) is 0 Å². The Kier molecular flexibility index (Phi) is 2.82. The Labute approximate surface area is 87.3 Å². The van der Waals surface area contributed by atoms with Crippen LogP contribution in [0.5, 0.6) is 0 Å². The number of hydrogen-bond donors (Lipinski definition) is 1. The van der Waals surface area contributed by atoms with Crippen LogP contribution in [0.15, 0.2) is 22.9 Å². The third kappa shape index (κ3) is 2.07. The Bertz CT molecular complexity index is 433. The van der Waals surface area contributed by atoms with Gasteiger partial charge in [0.1, 0.15) is 6.54 Å². The van der Waals surface area contributed by atoms with Gasteiger partial charge in [-0.05, 0) is 12.1 Å². The van der Waals surface area contributed by atoms with Gasteiger partial charge in [0.25, 0.3) is 0 Å². The van der Waals surface area contributed by atoms with Crippen molar-refractivity contribution in [3.8, 4) is 0 Å². The molecule has 0 atom stereocenters. The van der Waals surface area contributed by atoms with E-state index in [1.54, 1.807) is 0 Å². The molecule has 1 N–H and O–H groups in total. The number of aromatic nitrogens is 3. The summed E-state index contributed by atoms with van der Waals surface area (Å²) in [5.41, 5.74) is 0.839. The number of rotatable bonds is 4. The minimum Gasteiger partial charge on any atom is -0.390 e. The monoisotopic (exact) mass is 207 g/mol. The number of aliphatic hydroxyl groups excluding tert-OH is 1. The van der Waals surface area contributed by atoms with Gasteiger partial charge < -0.3 is 14.2 Å². The number of aryl methyl sites for hydroxylation is 1. The first-order chi connectivity index (χ1) is 7.33. The van der Waals surface area contributed by atoms with Gasteiger partial charge in [-0.2, -0.15) is 4.98 Å². The summed E-state index contributed by atoms with van der Waals surface area (Å²) in [5.74, 6) is 1.28. The molecular formula is C10H13N3O2. The van der Waals surface area contributed by atoms with E-state index in [-0.39, 0.29) is 6.61 Å². The number of hydrogen-bond acceptors (Lipinski definition) is 4. The molecule has 2 aromatic heterocycles. The predicted octanol–water partition coefficient (Wildman–Crippen LogP) is 0.974. The second kappa shape index (κ2) is 4.27. The maximum atomic E-state index is 9.05. The van der Waals surface area contributed by atoms with E-state index in [0.717, 1.165) is 12.1 Å². The van der Waals surface area contributed by atoms with Crippen LogP contribution < -0.4 is 0 Å². The molecule has 0 unspecified atom stereocenters. The Balaban J connectivity index is 2.14. The minimum atomic E-state index is 0.0156. The second-order valence-corrected chi connectivity index (χ2v) is 3.24. The van der Waals surface area contributed by atoms with E-state index in [1.165, 1.54) is 0 Å². The summed E-state index contributed by atoms with van der Waals surface area (Å²) in [6.45, 7) is 2.50. The third-order valence-electron chi connectivity index (χ3n) is 2.22. The predicted molar refractivity (Wildman–Crippen MR) is 53.1 cm³/mol. The molecule has 2 heterocycles. The molecular weight excluding hydrogens is 194 g/mol. The standard InChI is InChI=1S/C10H13N3O2/c1-2-9-11-10(15-12-9)6-13-5-3-4-8(13)7-14/h3-5,14H,2,6-7H2,1H3. The van der Waals surface area contributed by atoms with Gasteiger partial charge in [0.2, 0.25) is 5.89 Å². The lowest BCUT2D eigenvalue weighted by Crippen LogP contribution is -2.03. The van der Waals surface area contributed by atoms with Gasteiger partial charge in [-0.3, -0.25) is 0 Å². The number of nitrogens with zero attached hydrogens (tertiary/aromatic N) is 3. The summed E-state index contributed by atoms with van der Waals surface area (Å²) in [4.78, 5) is 4.20. The Hall–Kier alpha value is -1.62. The maximum absolute atomic E-state index is 9.05. The topological polar surface area (TPSA) is 64.1 Å². The molecule has 15 heavy (non-hydrogen) atoms. The largest absolute Gasteiger partial charge is 0.390 e. The molecule has 0 aromatic carbocycles. The third-order valence-corrected chi connectivity index (χ3v) is 2.22. The van der Waals surface area contributed by atoms with E-state index < -0.39 is 0 Å². The lowest BCUT2D eigenvalue weighted by Gasteiger charge is -2.02. The van der Waals surface area contributed by atoms with Crippen LogP contribution in [0.2, 0.25) is 0 Å². The lowest BCUT2D eigenvalue weighted by molar-refractivity contribution is 0.269. The Morgan fingerprint density at radius 3 is 3.07 bits per heavy atom. The van der Waals surface area contributed by atoms with Crippen molar-refractivity contribution in [1.29, 1.82) is 0 Å². The zero-order chi connectivity index (χ0) is 10.7. The SMILES string of the molecule is CCc1noc(Cn2cccc2CO)n1. The van der Waals surface area contributed by atoms with Crippen LogP contribution in [0.4, 0.5) is 0 Å². The van der Waals surface area contributed by atoms with Crippen molar-refractivity contribution in [2.45, 2.75) is 26.5 Å². The highest BCUT2D eigenvalue weighted by atomic mass is 16.5. The van der Waals surface area contributed by atoms with Gasteiger partial charge in [0, 0.05) is 18.3 Å². The highest BCUT2D eigenvalue weighted by Crippen LogP contribution is 2.06. The van der Waals surface area contributed by atoms with Gasteiger partial charge in [0.15, 0.2) is 5.82 Å². The molecule has 5 nitrogen and oxygen atoms in total. The average molecular weight is 207 g/mol. The van der Waals surface area contributed by atoms with E-state index in [2.05, 4.69) is 10.1 Å². The van der Waals surface area contributed by atoms with E-state index in [1.807, 2.05) is 29.8 Å². The van der Waals surface area contributed by atoms with Crippen molar-refractivity contribution in [1.82, 2.24) is 14.7 Å². The average Bonchev–Trinajstić information content (AvgIpc) is 2.87. The summed E-state index contributed by atoms with van der Waals surface area (Å²) < 4.78 is 6.95. The molecule has 0 aliphatic rings. The van der Waals surface area contributed by atoms with Crippen LogP contribution in [0.3, 0.4) is 0 Å². The molecule has 0 aliphatic carbocycles. The van der Waals surface area contributed by atoms with Crippen molar-refractivity contribution in [3.63, 3.8) is 0 Å².